The summed E-state index contributed by atoms with van der Waals surface area (Å²) in [6, 6.07) is 15.1. The molecule has 0 radical (unpaired) electrons. The Bertz CT molecular complexity index is 879. The van der Waals surface area contributed by atoms with Crippen molar-refractivity contribution in [2.24, 2.45) is 0 Å². The predicted octanol–water partition coefficient (Wildman–Crippen LogP) is 4.23. The van der Waals surface area contributed by atoms with E-state index in [0.717, 1.165) is 6.42 Å². The van der Waals surface area contributed by atoms with Crippen molar-refractivity contribution in [2.75, 3.05) is 14.2 Å². The lowest BCUT2D eigenvalue weighted by molar-refractivity contribution is -0.141. The summed E-state index contributed by atoms with van der Waals surface area (Å²) in [6.07, 6.45) is 1.47. The molecule has 3 rings (SSSR count). The molecule has 2 aromatic carbocycles. The molecule has 6 heteroatoms. The van der Waals surface area contributed by atoms with Crippen LogP contribution in [0.1, 0.15) is 75.8 Å². The topological polar surface area (TPSA) is 86.7 Å². The van der Waals surface area contributed by atoms with Crippen LogP contribution in [0.25, 0.3) is 0 Å². The van der Waals surface area contributed by atoms with Gasteiger partial charge in [0.05, 0.1) is 27.1 Å². The van der Waals surface area contributed by atoms with E-state index >= 15 is 0 Å². The molecular weight excluding hydrogens is 396 g/mol. The van der Waals surface area contributed by atoms with E-state index in [4.69, 9.17) is 0 Å². The van der Waals surface area contributed by atoms with Crippen LogP contribution >= 0.6 is 0 Å². The zero-order chi connectivity index (χ0) is 22.4. The Hall–Kier alpha value is -3.28. The Morgan fingerprint density at radius 3 is 1.32 bits per heavy atom. The fourth-order valence-corrected chi connectivity index (χ4v) is 3.69. The summed E-state index contributed by atoms with van der Waals surface area (Å²) in [5, 5.41) is 0. The summed E-state index contributed by atoms with van der Waals surface area (Å²) < 4.78 is 9.13. The van der Waals surface area contributed by atoms with Gasteiger partial charge in [0.2, 0.25) is 0 Å². The molecule has 1 aliphatic carbocycles. The first-order valence-corrected chi connectivity index (χ1v) is 10.3. The number of Topliss-reactive ketones (excluding diaryl/α,β-unsaturated/α-hetero) is 2. The number of ketones is 2. The predicted molar refractivity (Wildman–Crippen MR) is 114 cm³/mol. The monoisotopic (exact) mass is 422 g/mol. The van der Waals surface area contributed by atoms with Crippen LogP contribution < -0.4 is 0 Å². The first kappa shape index (κ1) is 22.4. The average molecular weight is 422 g/mol. The molecule has 0 amide bonds. The molecule has 2 aromatic rings. The molecule has 0 aromatic heterocycles. The second kappa shape index (κ2) is 10.2. The van der Waals surface area contributed by atoms with Gasteiger partial charge in [-0.3, -0.25) is 19.2 Å². The van der Waals surface area contributed by atoms with Gasteiger partial charge in [-0.05, 0) is 29.4 Å². The highest BCUT2D eigenvalue weighted by Crippen LogP contribution is 2.54. The maximum atomic E-state index is 12.2. The third-order valence-electron chi connectivity index (χ3n) is 5.68. The summed E-state index contributed by atoms with van der Waals surface area (Å²) >= 11 is 0. The van der Waals surface area contributed by atoms with Gasteiger partial charge in [0.25, 0.3) is 0 Å². The summed E-state index contributed by atoms with van der Waals surface area (Å²) in [4.78, 5) is 46.7. The first-order valence-electron chi connectivity index (χ1n) is 10.3. The second-order valence-electron chi connectivity index (χ2n) is 7.69. The van der Waals surface area contributed by atoms with Gasteiger partial charge in [-0.2, -0.15) is 0 Å². The minimum absolute atomic E-state index is 0.0725. The van der Waals surface area contributed by atoms with Crippen molar-refractivity contribution in [3.05, 3.63) is 70.8 Å². The summed E-state index contributed by atoms with van der Waals surface area (Å²) in [5.41, 5.74) is 3.54. The van der Waals surface area contributed by atoms with E-state index in [1.807, 2.05) is 48.5 Å². The largest absolute Gasteiger partial charge is 0.469 e. The number of carbonyl (C=O) groups is 4. The van der Waals surface area contributed by atoms with Crippen molar-refractivity contribution >= 4 is 23.5 Å². The lowest BCUT2D eigenvalue weighted by atomic mass is 9.99. The van der Waals surface area contributed by atoms with E-state index in [0.29, 0.717) is 23.0 Å². The van der Waals surface area contributed by atoms with Crippen molar-refractivity contribution in [3.8, 4) is 0 Å². The molecule has 0 heterocycles. The molecular formula is C25H26O6. The van der Waals surface area contributed by atoms with Crippen LogP contribution in [0.15, 0.2) is 48.5 Å². The maximum Gasteiger partial charge on any atom is 0.305 e. The highest BCUT2D eigenvalue weighted by atomic mass is 16.5. The molecule has 2 atom stereocenters. The van der Waals surface area contributed by atoms with Crippen LogP contribution in [0.3, 0.4) is 0 Å². The summed E-state index contributed by atoms with van der Waals surface area (Å²) in [7, 11) is 2.62. The first-order chi connectivity index (χ1) is 14.9. The Morgan fingerprint density at radius 1 is 0.645 bits per heavy atom. The Labute approximate surface area is 181 Å². The van der Waals surface area contributed by atoms with E-state index < -0.39 is 0 Å². The minimum Gasteiger partial charge on any atom is -0.469 e. The molecule has 0 unspecified atom stereocenters. The smallest absolute Gasteiger partial charge is 0.305 e. The van der Waals surface area contributed by atoms with Crippen LogP contribution in [0.2, 0.25) is 0 Å². The van der Waals surface area contributed by atoms with Crippen molar-refractivity contribution < 1.29 is 28.7 Å². The van der Waals surface area contributed by atoms with E-state index in [-0.39, 0.29) is 49.2 Å². The van der Waals surface area contributed by atoms with Crippen molar-refractivity contribution in [2.45, 2.75) is 43.9 Å². The zero-order valence-corrected chi connectivity index (χ0v) is 17.8. The number of hydrogen-bond acceptors (Lipinski definition) is 6. The normalized spacial score (nSPS) is 17.0. The molecule has 0 aliphatic heterocycles. The fourth-order valence-electron chi connectivity index (χ4n) is 3.69. The summed E-state index contributed by atoms with van der Waals surface area (Å²) in [5.74, 6) is -0.141. The molecule has 31 heavy (non-hydrogen) atoms. The molecule has 162 valence electrons. The second-order valence-corrected chi connectivity index (χ2v) is 7.69. The molecule has 0 saturated heterocycles. The fraction of sp³-hybridized carbons (Fsp3) is 0.360. The third kappa shape index (κ3) is 5.87. The van der Waals surface area contributed by atoms with Crippen molar-refractivity contribution in [1.29, 1.82) is 0 Å². The van der Waals surface area contributed by atoms with Crippen molar-refractivity contribution in [1.82, 2.24) is 0 Å². The Kier molecular flexibility index (Phi) is 7.34. The average Bonchev–Trinajstić information content (AvgIpc) is 3.61. The molecule has 1 saturated carbocycles. The van der Waals surface area contributed by atoms with Crippen LogP contribution in [-0.4, -0.2) is 37.7 Å². The van der Waals surface area contributed by atoms with Gasteiger partial charge >= 0.3 is 11.9 Å². The number of ether oxygens (including phenoxy) is 2. The number of hydrogen-bond donors (Lipinski definition) is 0. The highest BCUT2D eigenvalue weighted by Gasteiger charge is 2.39. The number of methoxy groups -OCH3 is 2. The van der Waals surface area contributed by atoms with Crippen LogP contribution in [-0.2, 0) is 19.1 Å². The van der Waals surface area contributed by atoms with E-state index in [2.05, 4.69) is 9.47 Å². The van der Waals surface area contributed by atoms with Crippen molar-refractivity contribution in [3.63, 3.8) is 0 Å². The molecule has 0 spiro atoms. The minimum atomic E-state index is -0.387. The number of esters is 2. The van der Waals surface area contributed by atoms with Gasteiger partial charge in [-0.1, -0.05) is 48.5 Å². The number of carbonyl (C=O) groups excluding carboxylic acids is 4. The van der Waals surface area contributed by atoms with E-state index in [1.54, 1.807) is 0 Å². The molecule has 1 aliphatic rings. The van der Waals surface area contributed by atoms with Gasteiger partial charge in [0.15, 0.2) is 11.6 Å². The third-order valence-corrected chi connectivity index (χ3v) is 5.68. The van der Waals surface area contributed by atoms with Crippen LogP contribution in [0, 0.1) is 0 Å². The molecule has 0 bridgehead atoms. The standard InChI is InChI=1S/C25H26O6/c1-30-24(28)13-11-22(26)18-7-3-16(4-8-18)20-15-21(20)17-5-9-19(10-6-17)23(27)12-14-25(29)31-2/h3-10,20-21H,11-15H2,1-2H3/t20-,21+. The highest BCUT2D eigenvalue weighted by molar-refractivity contribution is 5.98. The molecule has 1 fully saturated rings. The molecule has 6 nitrogen and oxygen atoms in total. The van der Waals surface area contributed by atoms with E-state index in [1.165, 1.54) is 25.3 Å². The lowest BCUT2D eigenvalue weighted by Gasteiger charge is -2.05. The van der Waals surface area contributed by atoms with Gasteiger partial charge in [0, 0.05) is 24.0 Å². The number of rotatable bonds is 10. The van der Waals surface area contributed by atoms with Gasteiger partial charge in [0.1, 0.15) is 0 Å². The maximum absolute atomic E-state index is 12.2. The Morgan fingerprint density at radius 2 is 1.00 bits per heavy atom. The van der Waals surface area contributed by atoms with Crippen LogP contribution in [0.4, 0.5) is 0 Å². The van der Waals surface area contributed by atoms with Gasteiger partial charge in [-0.15, -0.1) is 0 Å². The number of benzene rings is 2. The molecule has 0 N–H and O–H groups in total. The van der Waals surface area contributed by atoms with Gasteiger partial charge < -0.3 is 9.47 Å². The zero-order valence-electron chi connectivity index (χ0n) is 17.8. The lowest BCUT2D eigenvalue weighted by Crippen LogP contribution is -2.06. The van der Waals surface area contributed by atoms with Crippen LogP contribution in [0.5, 0.6) is 0 Å². The SMILES string of the molecule is COC(=O)CCC(=O)c1ccc([C@H]2C[C@H]2c2ccc(C(=O)CCC(=O)OC)cc2)cc1. The summed E-state index contributed by atoms with van der Waals surface area (Å²) in [6.45, 7) is 0. The van der Waals surface area contributed by atoms with E-state index in [9.17, 15) is 19.2 Å². The quantitative estimate of drug-likeness (QED) is 0.421. The van der Waals surface area contributed by atoms with Gasteiger partial charge in [-0.25, -0.2) is 0 Å². The Balaban J connectivity index is 1.54.